The third-order valence-electron chi connectivity index (χ3n) is 7.86. The number of nitrogens with zero attached hydrogens (tertiary/aromatic N) is 5. The van der Waals surface area contributed by atoms with Gasteiger partial charge in [-0.2, -0.15) is 4.39 Å². The topological polar surface area (TPSA) is 79.9 Å². The number of nitrogen functional groups attached to an aromatic ring is 1. The largest absolute Gasteiger partial charge is 0.486 e. The van der Waals surface area contributed by atoms with Gasteiger partial charge in [0.15, 0.2) is 17.0 Å². The number of halogens is 2. The van der Waals surface area contributed by atoms with Gasteiger partial charge in [0.05, 0.1) is 29.3 Å². The van der Waals surface area contributed by atoms with E-state index in [9.17, 15) is 13.6 Å². The monoisotopic (exact) mass is 534 g/mol. The third-order valence-corrected chi connectivity index (χ3v) is 7.86. The summed E-state index contributed by atoms with van der Waals surface area (Å²) < 4.78 is 36.2. The minimum absolute atomic E-state index is 0.151. The number of likely N-dealkylation sites (N-methyl/N-ethyl adjacent to an activating group) is 1. The van der Waals surface area contributed by atoms with Crippen molar-refractivity contribution in [1.29, 1.82) is 0 Å². The van der Waals surface area contributed by atoms with Crippen molar-refractivity contribution in [2.24, 2.45) is 0 Å². The van der Waals surface area contributed by atoms with Crippen LogP contribution < -0.4 is 20.8 Å². The molecule has 2 N–H and O–H groups in total. The van der Waals surface area contributed by atoms with E-state index in [0.29, 0.717) is 36.5 Å². The van der Waals surface area contributed by atoms with Crippen LogP contribution in [0.3, 0.4) is 0 Å². The van der Waals surface area contributed by atoms with Crippen LogP contribution in [0.25, 0.3) is 10.9 Å². The molecule has 3 aliphatic rings. The van der Waals surface area contributed by atoms with Crippen molar-refractivity contribution >= 4 is 22.4 Å². The Bertz CT molecular complexity index is 1520. The Labute approximate surface area is 225 Å². The standard InChI is InChI=1S/C29H32F2N6O2/c1-34-9-6-19(7-10-34)15-37(22-3-2-8-35(18-22)21-4-5-25(32)33-14-21)17-20-16-36-11-12-39-29-26(31)24(30)13-23(27(29)36)28(20)38/h4-7,9,13-14,16,22H,2-3,8,10-12,15,17-18H2,1H3,(H2,32,33). The van der Waals surface area contributed by atoms with Gasteiger partial charge in [-0.05, 0) is 48.9 Å². The second-order valence-corrected chi connectivity index (χ2v) is 10.5. The summed E-state index contributed by atoms with van der Waals surface area (Å²) in [6.45, 7) is 4.26. The average Bonchev–Trinajstić information content (AvgIpc) is 2.95. The Kier molecular flexibility index (Phi) is 6.72. The van der Waals surface area contributed by atoms with Crippen LogP contribution in [0.4, 0.5) is 20.3 Å². The summed E-state index contributed by atoms with van der Waals surface area (Å²) in [5.74, 6) is -1.82. The second kappa shape index (κ2) is 10.3. The first-order valence-electron chi connectivity index (χ1n) is 13.3. The molecule has 1 atom stereocenters. The Morgan fingerprint density at radius 1 is 1.23 bits per heavy atom. The average molecular weight is 535 g/mol. The van der Waals surface area contributed by atoms with Crippen molar-refractivity contribution in [3.8, 4) is 5.75 Å². The van der Waals surface area contributed by atoms with Crippen molar-refractivity contribution in [3.05, 3.63) is 81.9 Å². The van der Waals surface area contributed by atoms with E-state index >= 15 is 0 Å². The lowest BCUT2D eigenvalue weighted by Gasteiger charge is -2.41. The molecule has 5 heterocycles. The predicted molar refractivity (Wildman–Crippen MR) is 148 cm³/mol. The van der Waals surface area contributed by atoms with Gasteiger partial charge in [-0.1, -0.05) is 6.08 Å². The number of aromatic nitrogens is 2. The van der Waals surface area contributed by atoms with Crippen molar-refractivity contribution in [3.63, 3.8) is 0 Å². The molecule has 1 saturated heterocycles. The third kappa shape index (κ3) is 4.96. The summed E-state index contributed by atoms with van der Waals surface area (Å²) in [4.78, 5) is 24.7. The van der Waals surface area contributed by atoms with E-state index in [-0.39, 0.29) is 29.2 Å². The SMILES string of the molecule is CN1C=CC(CN(Cc2cn3c4c(c(F)c(F)cc4c2=O)OCC3)C2CCCN(c3ccc(N)nc3)C2)=CC1. The molecule has 1 aromatic carbocycles. The molecule has 0 spiro atoms. The number of benzene rings is 1. The molecule has 39 heavy (non-hydrogen) atoms. The minimum Gasteiger partial charge on any atom is -0.486 e. The lowest BCUT2D eigenvalue weighted by atomic mass is 10.0. The molecular weight excluding hydrogens is 502 g/mol. The lowest BCUT2D eigenvalue weighted by molar-refractivity contribution is 0.181. The molecule has 0 aliphatic carbocycles. The van der Waals surface area contributed by atoms with Crippen LogP contribution in [0.15, 0.2) is 59.3 Å². The number of ether oxygens (including phenoxy) is 1. The van der Waals surface area contributed by atoms with Gasteiger partial charge >= 0.3 is 0 Å². The highest BCUT2D eigenvalue weighted by molar-refractivity contribution is 5.86. The molecule has 0 radical (unpaired) electrons. The molecule has 1 fully saturated rings. The minimum atomic E-state index is -1.07. The van der Waals surface area contributed by atoms with Crippen molar-refractivity contribution < 1.29 is 13.5 Å². The van der Waals surface area contributed by atoms with Gasteiger partial charge in [-0.25, -0.2) is 9.37 Å². The van der Waals surface area contributed by atoms with Gasteiger partial charge in [-0.15, -0.1) is 0 Å². The normalized spacial score (nSPS) is 19.0. The van der Waals surface area contributed by atoms with Crippen LogP contribution >= 0.6 is 0 Å². The number of anilines is 2. The maximum absolute atomic E-state index is 14.5. The van der Waals surface area contributed by atoms with Gasteiger partial charge in [-0.3, -0.25) is 9.69 Å². The summed E-state index contributed by atoms with van der Waals surface area (Å²) in [5.41, 5.74) is 8.60. The van der Waals surface area contributed by atoms with E-state index in [1.165, 1.54) is 5.57 Å². The maximum atomic E-state index is 14.5. The summed E-state index contributed by atoms with van der Waals surface area (Å²) in [6.07, 6.45) is 12.0. The molecule has 6 rings (SSSR count). The fourth-order valence-electron chi connectivity index (χ4n) is 5.77. The summed E-state index contributed by atoms with van der Waals surface area (Å²) in [6, 6.07) is 4.98. The fourth-order valence-corrected chi connectivity index (χ4v) is 5.77. The molecule has 0 saturated carbocycles. The summed E-state index contributed by atoms with van der Waals surface area (Å²) >= 11 is 0. The van der Waals surface area contributed by atoms with Gasteiger partial charge < -0.3 is 24.8 Å². The van der Waals surface area contributed by atoms with Crippen LogP contribution in [-0.2, 0) is 13.1 Å². The Morgan fingerprint density at radius 2 is 2.10 bits per heavy atom. The lowest BCUT2D eigenvalue weighted by Crippen LogP contribution is -2.49. The first-order valence-corrected chi connectivity index (χ1v) is 13.3. The highest BCUT2D eigenvalue weighted by Gasteiger charge is 2.29. The molecule has 1 unspecified atom stereocenters. The number of piperidine rings is 1. The van der Waals surface area contributed by atoms with Crippen LogP contribution in [-0.4, -0.2) is 65.2 Å². The smallest absolute Gasteiger partial charge is 0.202 e. The van der Waals surface area contributed by atoms with E-state index < -0.39 is 11.6 Å². The number of nitrogens with two attached hydrogens (primary N) is 1. The number of hydrogen-bond donors (Lipinski definition) is 1. The fraction of sp³-hybridized carbons (Fsp3) is 0.379. The second-order valence-electron chi connectivity index (χ2n) is 10.5. The van der Waals surface area contributed by atoms with E-state index in [1.807, 2.05) is 23.7 Å². The summed E-state index contributed by atoms with van der Waals surface area (Å²) in [5, 5.41) is 0.151. The molecule has 0 amide bonds. The van der Waals surface area contributed by atoms with Crippen molar-refractivity contribution in [2.75, 3.05) is 50.5 Å². The molecule has 3 aliphatic heterocycles. The van der Waals surface area contributed by atoms with Gasteiger partial charge in [0.25, 0.3) is 0 Å². The Hall–Kier alpha value is -3.92. The highest BCUT2D eigenvalue weighted by atomic mass is 19.2. The van der Waals surface area contributed by atoms with Crippen molar-refractivity contribution in [2.45, 2.75) is 32.0 Å². The molecule has 204 valence electrons. The van der Waals surface area contributed by atoms with Crippen LogP contribution in [0.5, 0.6) is 5.75 Å². The van der Waals surface area contributed by atoms with E-state index in [2.05, 4.69) is 38.0 Å². The van der Waals surface area contributed by atoms with Crippen LogP contribution in [0.1, 0.15) is 18.4 Å². The molecule has 0 bridgehead atoms. The quantitative estimate of drug-likeness (QED) is 0.519. The van der Waals surface area contributed by atoms with Gasteiger partial charge in [0.2, 0.25) is 5.82 Å². The highest BCUT2D eigenvalue weighted by Crippen LogP contribution is 2.33. The number of pyridine rings is 2. The zero-order valence-corrected chi connectivity index (χ0v) is 21.9. The van der Waals surface area contributed by atoms with Gasteiger partial charge in [0, 0.05) is 57.6 Å². The Morgan fingerprint density at radius 3 is 2.87 bits per heavy atom. The molecule has 8 nitrogen and oxygen atoms in total. The number of rotatable bonds is 6. The first kappa shape index (κ1) is 25.4. The van der Waals surface area contributed by atoms with Gasteiger partial charge in [0.1, 0.15) is 12.4 Å². The molecule has 10 heteroatoms. The zero-order chi connectivity index (χ0) is 27.1. The van der Waals surface area contributed by atoms with Crippen molar-refractivity contribution in [1.82, 2.24) is 19.4 Å². The summed E-state index contributed by atoms with van der Waals surface area (Å²) in [7, 11) is 2.03. The van der Waals surface area contributed by atoms with E-state index in [0.717, 1.165) is 44.2 Å². The van der Waals surface area contributed by atoms with Crippen LogP contribution in [0.2, 0.25) is 0 Å². The zero-order valence-electron chi connectivity index (χ0n) is 21.9. The maximum Gasteiger partial charge on any atom is 0.202 e. The predicted octanol–water partition coefficient (Wildman–Crippen LogP) is 3.51. The molecule has 3 aromatic rings. The molecular formula is C29H32F2N6O2. The van der Waals surface area contributed by atoms with E-state index in [4.69, 9.17) is 10.5 Å². The van der Waals surface area contributed by atoms with Crippen LogP contribution in [0, 0.1) is 11.6 Å². The van der Waals surface area contributed by atoms with E-state index in [1.54, 1.807) is 12.4 Å². The number of hydrogen-bond acceptors (Lipinski definition) is 7. The first-order chi connectivity index (χ1) is 18.9. The molecule has 2 aromatic heterocycles. The Balaban J connectivity index is 1.35.